The van der Waals surface area contributed by atoms with Crippen LogP contribution in [0.2, 0.25) is 0 Å². The minimum Gasteiger partial charge on any atom is -0.490 e. The Kier molecular flexibility index (Phi) is 4.96. The second-order valence-electron chi connectivity index (χ2n) is 4.45. The fraction of sp³-hybridized carbons (Fsp3) is 0.312. The van der Waals surface area contributed by atoms with Gasteiger partial charge in [0.1, 0.15) is 0 Å². The first-order chi connectivity index (χ1) is 9.74. The van der Waals surface area contributed by atoms with Crippen molar-refractivity contribution in [1.82, 2.24) is 4.98 Å². The molecule has 2 rings (SSSR count). The standard InChI is InChI=1S/C16H19NO3/c1-3-10-19-14-6-4-5-7-15(14)20-16-9-8-13(11-18)12(2)17-16/h4-9,18H,3,10-11H2,1-2H3. The minimum atomic E-state index is -0.0185. The molecule has 0 saturated heterocycles. The molecule has 4 nitrogen and oxygen atoms in total. The number of pyridine rings is 1. The van der Waals surface area contributed by atoms with E-state index in [0.717, 1.165) is 17.7 Å². The molecule has 1 N–H and O–H groups in total. The van der Waals surface area contributed by atoms with Crippen molar-refractivity contribution in [3.05, 3.63) is 47.7 Å². The minimum absolute atomic E-state index is 0.0185. The maximum atomic E-state index is 9.14. The summed E-state index contributed by atoms with van der Waals surface area (Å²) in [7, 11) is 0. The van der Waals surface area contributed by atoms with Crippen molar-refractivity contribution in [2.75, 3.05) is 6.61 Å². The summed E-state index contributed by atoms with van der Waals surface area (Å²) in [6.45, 7) is 4.53. The summed E-state index contributed by atoms with van der Waals surface area (Å²) in [6.07, 6.45) is 0.941. The smallest absolute Gasteiger partial charge is 0.219 e. The van der Waals surface area contributed by atoms with E-state index in [1.165, 1.54) is 0 Å². The highest BCUT2D eigenvalue weighted by atomic mass is 16.5. The highest BCUT2D eigenvalue weighted by molar-refractivity contribution is 5.42. The van der Waals surface area contributed by atoms with Gasteiger partial charge >= 0.3 is 0 Å². The zero-order chi connectivity index (χ0) is 14.4. The van der Waals surface area contributed by atoms with Crippen LogP contribution in [0, 0.1) is 6.92 Å². The Morgan fingerprint density at radius 1 is 1.10 bits per heavy atom. The van der Waals surface area contributed by atoms with Gasteiger partial charge in [-0.2, -0.15) is 0 Å². The number of hydrogen-bond donors (Lipinski definition) is 1. The predicted octanol–water partition coefficient (Wildman–Crippen LogP) is 3.46. The molecule has 20 heavy (non-hydrogen) atoms. The molecule has 0 aliphatic rings. The van der Waals surface area contributed by atoms with Gasteiger partial charge in [0.2, 0.25) is 5.88 Å². The molecule has 0 bridgehead atoms. The Morgan fingerprint density at radius 3 is 2.50 bits per heavy atom. The van der Waals surface area contributed by atoms with Crippen LogP contribution in [-0.4, -0.2) is 16.7 Å². The van der Waals surface area contributed by atoms with Gasteiger partial charge in [-0.1, -0.05) is 19.1 Å². The summed E-state index contributed by atoms with van der Waals surface area (Å²) in [4.78, 5) is 4.32. The van der Waals surface area contributed by atoms with Gasteiger partial charge in [0.25, 0.3) is 0 Å². The van der Waals surface area contributed by atoms with E-state index in [-0.39, 0.29) is 6.61 Å². The lowest BCUT2D eigenvalue weighted by Crippen LogP contribution is -1.99. The summed E-state index contributed by atoms with van der Waals surface area (Å²) in [5, 5.41) is 9.14. The Balaban J connectivity index is 2.19. The van der Waals surface area contributed by atoms with Gasteiger partial charge in [-0.15, -0.1) is 0 Å². The third kappa shape index (κ3) is 3.48. The van der Waals surface area contributed by atoms with E-state index in [2.05, 4.69) is 11.9 Å². The highest BCUT2D eigenvalue weighted by Crippen LogP contribution is 2.30. The summed E-state index contributed by atoms with van der Waals surface area (Å²) < 4.78 is 11.4. The van der Waals surface area contributed by atoms with Crippen LogP contribution < -0.4 is 9.47 Å². The number of benzene rings is 1. The number of nitrogens with zero attached hydrogens (tertiary/aromatic N) is 1. The van der Waals surface area contributed by atoms with Crippen molar-refractivity contribution >= 4 is 0 Å². The summed E-state index contributed by atoms with van der Waals surface area (Å²) >= 11 is 0. The van der Waals surface area contributed by atoms with E-state index < -0.39 is 0 Å². The Morgan fingerprint density at radius 2 is 1.85 bits per heavy atom. The van der Waals surface area contributed by atoms with Gasteiger partial charge in [0, 0.05) is 11.8 Å². The topological polar surface area (TPSA) is 51.6 Å². The zero-order valence-electron chi connectivity index (χ0n) is 11.8. The number of ether oxygens (including phenoxy) is 2. The van der Waals surface area contributed by atoms with Crippen molar-refractivity contribution < 1.29 is 14.6 Å². The van der Waals surface area contributed by atoms with Crippen LogP contribution in [0.4, 0.5) is 0 Å². The van der Waals surface area contributed by atoms with Gasteiger partial charge in [-0.05, 0) is 37.1 Å². The maximum Gasteiger partial charge on any atom is 0.219 e. The van der Waals surface area contributed by atoms with Crippen LogP contribution in [-0.2, 0) is 6.61 Å². The van der Waals surface area contributed by atoms with Crippen LogP contribution in [0.15, 0.2) is 36.4 Å². The third-order valence-corrected chi connectivity index (χ3v) is 2.87. The molecule has 0 spiro atoms. The van der Waals surface area contributed by atoms with Gasteiger partial charge in [0.05, 0.1) is 13.2 Å². The molecule has 0 unspecified atom stereocenters. The molecule has 0 saturated carbocycles. The van der Waals surface area contributed by atoms with Crippen molar-refractivity contribution in [3.63, 3.8) is 0 Å². The molecule has 106 valence electrons. The Bertz CT molecular complexity index is 569. The summed E-state index contributed by atoms with van der Waals surface area (Å²) in [5.41, 5.74) is 1.56. The molecular formula is C16H19NO3. The normalized spacial score (nSPS) is 10.3. The summed E-state index contributed by atoms with van der Waals surface area (Å²) in [6, 6.07) is 11.1. The Hall–Kier alpha value is -2.07. The number of hydrogen-bond acceptors (Lipinski definition) is 4. The second kappa shape index (κ2) is 6.91. The molecule has 0 radical (unpaired) electrons. The van der Waals surface area contributed by atoms with Crippen LogP contribution in [0.3, 0.4) is 0 Å². The van der Waals surface area contributed by atoms with Gasteiger partial charge < -0.3 is 14.6 Å². The first-order valence-corrected chi connectivity index (χ1v) is 6.71. The number of rotatable bonds is 6. The molecular weight excluding hydrogens is 254 g/mol. The molecule has 0 amide bonds. The average Bonchev–Trinajstić information content (AvgIpc) is 2.46. The predicted molar refractivity (Wildman–Crippen MR) is 77.2 cm³/mol. The van der Waals surface area contributed by atoms with Gasteiger partial charge in [-0.25, -0.2) is 4.98 Å². The van der Waals surface area contributed by atoms with Crippen LogP contribution in [0.25, 0.3) is 0 Å². The molecule has 0 aliphatic carbocycles. The van der Waals surface area contributed by atoms with E-state index in [1.54, 1.807) is 6.07 Å². The molecule has 0 fully saturated rings. The highest BCUT2D eigenvalue weighted by Gasteiger charge is 2.07. The number of para-hydroxylation sites is 2. The quantitative estimate of drug-likeness (QED) is 0.875. The first kappa shape index (κ1) is 14.3. The van der Waals surface area contributed by atoms with Crippen LogP contribution in [0.1, 0.15) is 24.6 Å². The number of aryl methyl sites for hydroxylation is 1. The zero-order valence-corrected chi connectivity index (χ0v) is 11.8. The summed E-state index contributed by atoms with van der Waals surface area (Å²) in [5.74, 6) is 1.84. The lowest BCUT2D eigenvalue weighted by atomic mass is 10.2. The molecule has 0 atom stereocenters. The first-order valence-electron chi connectivity index (χ1n) is 6.71. The van der Waals surface area contributed by atoms with E-state index in [0.29, 0.717) is 24.0 Å². The fourth-order valence-electron chi connectivity index (χ4n) is 1.77. The number of aliphatic hydroxyl groups is 1. The van der Waals surface area contributed by atoms with Crippen LogP contribution in [0.5, 0.6) is 17.4 Å². The second-order valence-corrected chi connectivity index (χ2v) is 4.45. The third-order valence-electron chi connectivity index (χ3n) is 2.87. The largest absolute Gasteiger partial charge is 0.490 e. The molecule has 4 heteroatoms. The van der Waals surface area contributed by atoms with E-state index >= 15 is 0 Å². The van der Waals surface area contributed by atoms with Crippen molar-refractivity contribution in [2.24, 2.45) is 0 Å². The van der Waals surface area contributed by atoms with Crippen LogP contribution >= 0.6 is 0 Å². The van der Waals surface area contributed by atoms with Crippen molar-refractivity contribution in [3.8, 4) is 17.4 Å². The van der Waals surface area contributed by atoms with E-state index in [4.69, 9.17) is 14.6 Å². The number of aliphatic hydroxyl groups excluding tert-OH is 1. The monoisotopic (exact) mass is 273 g/mol. The molecule has 1 aromatic carbocycles. The fourth-order valence-corrected chi connectivity index (χ4v) is 1.77. The van der Waals surface area contributed by atoms with Crippen molar-refractivity contribution in [2.45, 2.75) is 26.9 Å². The lowest BCUT2D eigenvalue weighted by Gasteiger charge is -2.12. The van der Waals surface area contributed by atoms with E-state index in [1.807, 2.05) is 37.3 Å². The maximum absolute atomic E-state index is 9.14. The molecule has 1 aromatic heterocycles. The van der Waals surface area contributed by atoms with Gasteiger partial charge in [0.15, 0.2) is 11.5 Å². The van der Waals surface area contributed by atoms with Gasteiger partial charge in [-0.3, -0.25) is 0 Å². The SMILES string of the molecule is CCCOc1ccccc1Oc1ccc(CO)c(C)n1. The average molecular weight is 273 g/mol. The van der Waals surface area contributed by atoms with E-state index in [9.17, 15) is 0 Å². The molecule has 0 aliphatic heterocycles. The lowest BCUT2D eigenvalue weighted by molar-refractivity contribution is 0.280. The molecule has 1 heterocycles. The van der Waals surface area contributed by atoms with Crippen molar-refractivity contribution in [1.29, 1.82) is 0 Å². The number of aromatic nitrogens is 1. The molecule has 2 aromatic rings. The Labute approximate surface area is 119 Å².